The van der Waals surface area contributed by atoms with E-state index in [4.69, 9.17) is 0 Å². The summed E-state index contributed by atoms with van der Waals surface area (Å²) in [6.45, 7) is 0. The van der Waals surface area contributed by atoms with E-state index in [-0.39, 0.29) is 17.3 Å². The number of H-pyrrole nitrogens is 1. The Bertz CT molecular complexity index is 593. The lowest BCUT2D eigenvalue weighted by molar-refractivity contribution is 0.474. The number of hydrogen-bond acceptors (Lipinski definition) is 6. The van der Waals surface area contributed by atoms with Crippen LogP contribution in [0.1, 0.15) is 5.56 Å². The highest BCUT2D eigenvalue weighted by molar-refractivity contribution is 5.83. The Hall–Kier alpha value is -2.70. The van der Waals surface area contributed by atoms with Crippen LogP contribution in [0.25, 0.3) is 0 Å². The van der Waals surface area contributed by atoms with E-state index in [1.165, 1.54) is 6.21 Å². The molecule has 0 aliphatic heterocycles. The first-order chi connectivity index (χ1) is 8.25. The summed E-state index contributed by atoms with van der Waals surface area (Å²) in [4.78, 5) is 13.3. The van der Waals surface area contributed by atoms with Crippen molar-refractivity contribution in [1.82, 2.24) is 15.2 Å². The second kappa shape index (κ2) is 4.88. The van der Waals surface area contributed by atoms with Crippen molar-refractivity contribution < 1.29 is 5.11 Å². The summed E-state index contributed by atoms with van der Waals surface area (Å²) in [6.07, 6.45) is 2.46. The fraction of sp³-hybridized carbons (Fsp3) is 0. The largest absolute Gasteiger partial charge is 0.507 e. The molecule has 0 unspecified atom stereocenters. The molecule has 0 saturated carbocycles. The summed E-state index contributed by atoms with van der Waals surface area (Å²) in [5.74, 6) is 0.245. The molecule has 0 saturated heterocycles. The maximum atomic E-state index is 10.9. The zero-order chi connectivity index (χ0) is 12.1. The molecule has 2 aromatic rings. The Morgan fingerprint density at radius 2 is 2.24 bits per heavy atom. The molecule has 2 rings (SSSR count). The summed E-state index contributed by atoms with van der Waals surface area (Å²) < 4.78 is 0. The number of nitrogens with zero attached hydrogens (tertiary/aromatic N) is 3. The maximum Gasteiger partial charge on any atom is 0.271 e. The molecule has 7 heteroatoms. The third kappa shape index (κ3) is 2.88. The Morgan fingerprint density at radius 3 is 3.00 bits per heavy atom. The van der Waals surface area contributed by atoms with Gasteiger partial charge in [0, 0.05) is 5.56 Å². The predicted molar refractivity (Wildman–Crippen MR) is 62.0 cm³/mol. The highest BCUT2D eigenvalue weighted by Crippen LogP contribution is 2.12. The van der Waals surface area contributed by atoms with Crippen LogP contribution in [0.5, 0.6) is 5.75 Å². The molecule has 0 aliphatic rings. The molecular weight excluding hydrogens is 222 g/mol. The Labute approximate surface area is 95.9 Å². The molecule has 0 fully saturated rings. The highest BCUT2D eigenvalue weighted by atomic mass is 16.3. The Morgan fingerprint density at radius 1 is 1.41 bits per heavy atom. The van der Waals surface area contributed by atoms with Crippen LogP contribution in [0.2, 0.25) is 0 Å². The molecule has 0 bridgehead atoms. The number of aromatic hydroxyl groups is 1. The molecule has 86 valence electrons. The minimum Gasteiger partial charge on any atom is -0.507 e. The average molecular weight is 231 g/mol. The first-order valence-electron chi connectivity index (χ1n) is 4.75. The lowest BCUT2D eigenvalue weighted by Gasteiger charge is -1.98. The topological polar surface area (TPSA) is 103 Å². The van der Waals surface area contributed by atoms with Crippen molar-refractivity contribution in [1.29, 1.82) is 0 Å². The van der Waals surface area contributed by atoms with E-state index in [1.807, 2.05) is 0 Å². The van der Waals surface area contributed by atoms with Gasteiger partial charge in [-0.25, -0.2) is 5.43 Å². The Balaban J connectivity index is 2.08. The van der Waals surface area contributed by atoms with Gasteiger partial charge in [0.25, 0.3) is 5.56 Å². The monoisotopic (exact) mass is 231 g/mol. The molecule has 3 N–H and O–H groups in total. The summed E-state index contributed by atoms with van der Waals surface area (Å²) in [7, 11) is 0. The number of anilines is 1. The van der Waals surface area contributed by atoms with Gasteiger partial charge in [0.2, 0.25) is 5.95 Å². The molecule has 1 aromatic heterocycles. The Kier molecular flexibility index (Phi) is 3.10. The van der Waals surface area contributed by atoms with Crippen LogP contribution >= 0.6 is 0 Å². The number of hydrazone groups is 1. The van der Waals surface area contributed by atoms with E-state index in [9.17, 15) is 9.90 Å². The van der Waals surface area contributed by atoms with E-state index in [0.29, 0.717) is 5.56 Å². The zero-order valence-corrected chi connectivity index (χ0v) is 8.66. The minimum absolute atomic E-state index is 0.116. The van der Waals surface area contributed by atoms with Crippen molar-refractivity contribution in [3.63, 3.8) is 0 Å². The molecule has 0 amide bonds. The summed E-state index contributed by atoms with van der Waals surface area (Å²) in [5, 5.41) is 20.3. The lowest BCUT2D eigenvalue weighted by atomic mass is 10.2. The third-order valence-electron chi connectivity index (χ3n) is 1.89. The molecule has 0 atom stereocenters. The zero-order valence-electron chi connectivity index (χ0n) is 8.66. The number of aromatic amines is 1. The molecule has 17 heavy (non-hydrogen) atoms. The first kappa shape index (κ1) is 10.8. The highest BCUT2D eigenvalue weighted by Gasteiger charge is 1.95. The van der Waals surface area contributed by atoms with Crippen LogP contribution < -0.4 is 11.0 Å². The SMILES string of the molecule is O=c1cnnc(N/N=C/c2ccccc2O)[nH]1. The molecule has 7 nitrogen and oxygen atoms in total. The van der Waals surface area contributed by atoms with Gasteiger partial charge in [0.05, 0.1) is 6.21 Å². The van der Waals surface area contributed by atoms with Crippen LogP contribution in [0.3, 0.4) is 0 Å². The van der Waals surface area contributed by atoms with Crippen LogP contribution in [0, 0.1) is 0 Å². The van der Waals surface area contributed by atoms with E-state index in [0.717, 1.165) is 6.20 Å². The number of para-hydroxylation sites is 1. The number of rotatable bonds is 3. The smallest absolute Gasteiger partial charge is 0.271 e. The lowest BCUT2D eigenvalue weighted by Crippen LogP contribution is -2.10. The first-order valence-corrected chi connectivity index (χ1v) is 4.75. The molecule has 1 heterocycles. The quantitative estimate of drug-likeness (QED) is 0.521. The standard InChI is InChI=1S/C10H9N5O2/c16-8-4-2-1-3-7(8)5-11-14-10-13-9(17)6-12-15-10/h1-6,16H,(H2,13,14,15,17)/b11-5+. The number of nitrogens with one attached hydrogen (secondary N) is 2. The van der Waals surface area contributed by atoms with Crippen molar-refractivity contribution in [3.05, 3.63) is 46.4 Å². The van der Waals surface area contributed by atoms with E-state index < -0.39 is 0 Å². The molecule has 0 aliphatic carbocycles. The van der Waals surface area contributed by atoms with Crippen molar-refractivity contribution in [3.8, 4) is 5.75 Å². The fourth-order valence-corrected chi connectivity index (χ4v) is 1.12. The number of aromatic nitrogens is 3. The van der Waals surface area contributed by atoms with E-state index >= 15 is 0 Å². The van der Waals surface area contributed by atoms with Crippen LogP contribution in [0.15, 0.2) is 40.4 Å². The number of hydrogen-bond donors (Lipinski definition) is 3. The number of benzene rings is 1. The minimum atomic E-state index is -0.375. The van der Waals surface area contributed by atoms with Crippen molar-refractivity contribution in [2.24, 2.45) is 5.10 Å². The van der Waals surface area contributed by atoms with E-state index in [2.05, 4.69) is 25.7 Å². The van der Waals surface area contributed by atoms with Crippen molar-refractivity contribution >= 4 is 12.2 Å². The van der Waals surface area contributed by atoms with Gasteiger partial charge >= 0.3 is 0 Å². The molecule has 0 spiro atoms. The van der Waals surface area contributed by atoms with Crippen molar-refractivity contribution in [2.45, 2.75) is 0 Å². The summed E-state index contributed by atoms with van der Waals surface area (Å²) in [6, 6.07) is 6.72. The van der Waals surface area contributed by atoms with Gasteiger partial charge in [-0.15, -0.1) is 10.2 Å². The van der Waals surface area contributed by atoms with Crippen LogP contribution in [0.4, 0.5) is 5.95 Å². The predicted octanol–water partition coefficient (Wildman–Crippen LogP) is 0.316. The number of phenols is 1. The molecule has 1 aromatic carbocycles. The third-order valence-corrected chi connectivity index (χ3v) is 1.89. The summed E-state index contributed by atoms with van der Waals surface area (Å²) in [5.41, 5.74) is 2.66. The van der Waals surface area contributed by atoms with Gasteiger partial charge in [-0.05, 0) is 12.1 Å². The second-order valence-corrected chi connectivity index (χ2v) is 3.11. The van der Waals surface area contributed by atoms with Crippen LogP contribution in [-0.4, -0.2) is 26.5 Å². The van der Waals surface area contributed by atoms with Gasteiger partial charge in [-0.2, -0.15) is 5.10 Å². The van der Waals surface area contributed by atoms with Gasteiger partial charge in [0.15, 0.2) is 0 Å². The normalized spacial score (nSPS) is 10.6. The van der Waals surface area contributed by atoms with Crippen LogP contribution in [-0.2, 0) is 0 Å². The van der Waals surface area contributed by atoms with E-state index in [1.54, 1.807) is 24.3 Å². The second-order valence-electron chi connectivity index (χ2n) is 3.11. The molecular formula is C10H9N5O2. The molecule has 0 radical (unpaired) electrons. The van der Waals surface area contributed by atoms with Gasteiger partial charge < -0.3 is 5.11 Å². The maximum absolute atomic E-state index is 10.9. The van der Waals surface area contributed by atoms with Crippen molar-refractivity contribution in [2.75, 3.05) is 5.43 Å². The fourth-order valence-electron chi connectivity index (χ4n) is 1.12. The number of phenolic OH excluding ortho intramolecular Hbond substituents is 1. The van der Waals surface area contributed by atoms with Gasteiger partial charge in [-0.3, -0.25) is 9.78 Å². The van der Waals surface area contributed by atoms with Gasteiger partial charge in [0.1, 0.15) is 11.9 Å². The summed E-state index contributed by atoms with van der Waals surface area (Å²) >= 11 is 0. The average Bonchev–Trinajstić information content (AvgIpc) is 2.32. The van der Waals surface area contributed by atoms with Gasteiger partial charge in [-0.1, -0.05) is 12.1 Å².